The van der Waals surface area contributed by atoms with Gasteiger partial charge in [-0.1, -0.05) is 19.8 Å². The van der Waals surface area contributed by atoms with E-state index >= 15 is 0 Å². The summed E-state index contributed by atoms with van der Waals surface area (Å²) in [7, 11) is 1.96. The van der Waals surface area contributed by atoms with E-state index in [0.29, 0.717) is 0 Å². The average molecular weight is 236 g/mol. The van der Waals surface area contributed by atoms with E-state index in [0.717, 1.165) is 24.2 Å². The number of aliphatic hydroxyl groups is 1. The van der Waals surface area contributed by atoms with Crippen LogP contribution in [0.15, 0.2) is 6.07 Å². The Hall–Kier alpha value is -0.830. The summed E-state index contributed by atoms with van der Waals surface area (Å²) in [6.45, 7) is 4.21. The lowest BCUT2D eigenvalue weighted by atomic mass is 9.76. The number of aromatic nitrogens is 2. The molecule has 1 atom stereocenters. The van der Waals surface area contributed by atoms with Crippen molar-refractivity contribution in [1.82, 2.24) is 9.78 Å². The first-order chi connectivity index (χ1) is 8.07. The van der Waals surface area contributed by atoms with Gasteiger partial charge in [0.1, 0.15) is 0 Å². The van der Waals surface area contributed by atoms with Gasteiger partial charge in [-0.15, -0.1) is 0 Å². The van der Waals surface area contributed by atoms with Gasteiger partial charge in [-0.3, -0.25) is 4.68 Å². The smallest absolute Gasteiger partial charge is 0.0651 e. The maximum atomic E-state index is 10.5. The molecule has 0 spiro atoms. The Morgan fingerprint density at radius 3 is 2.59 bits per heavy atom. The molecule has 1 heterocycles. The van der Waals surface area contributed by atoms with E-state index in [1.807, 2.05) is 18.7 Å². The lowest BCUT2D eigenvalue weighted by Crippen LogP contribution is -2.34. The minimum absolute atomic E-state index is 0.165. The van der Waals surface area contributed by atoms with Crippen LogP contribution in [0, 0.1) is 12.3 Å². The van der Waals surface area contributed by atoms with Crippen molar-refractivity contribution in [2.45, 2.75) is 58.5 Å². The number of aliphatic hydroxyl groups excluding tert-OH is 1. The highest BCUT2D eigenvalue weighted by Gasteiger charge is 2.39. The van der Waals surface area contributed by atoms with Crippen molar-refractivity contribution in [2.75, 3.05) is 0 Å². The lowest BCUT2D eigenvalue weighted by molar-refractivity contribution is 0.0244. The van der Waals surface area contributed by atoms with Crippen LogP contribution in [0.1, 0.15) is 50.4 Å². The summed E-state index contributed by atoms with van der Waals surface area (Å²) in [5.74, 6) is 0. The van der Waals surface area contributed by atoms with Crippen LogP contribution in [0.4, 0.5) is 0 Å². The van der Waals surface area contributed by atoms with Gasteiger partial charge >= 0.3 is 0 Å². The van der Waals surface area contributed by atoms with E-state index in [4.69, 9.17) is 0 Å². The predicted octanol–water partition coefficient (Wildman–Crippen LogP) is 2.60. The first-order valence-electron chi connectivity index (χ1n) is 6.75. The van der Waals surface area contributed by atoms with Crippen molar-refractivity contribution < 1.29 is 5.11 Å². The topological polar surface area (TPSA) is 38.1 Å². The molecule has 0 amide bonds. The third-order valence-corrected chi connectivity index (χ3v) is 4.51. The molecule has 1 aromatic heterocycles. The van der Waals surface area contributed by atoms with Gasteiger partial charge in [0.25, 0.3) is 0 Å². The van der Waals surface area contributed by atoms with Gasteiger partial charge in [-0.05, 0) is 37.7 Å². The van der Waals surface area contributed by atoms with E-state index in [9.17, 15) is 5.11 Å². The van der Waals surface area contributed by atoms with E-state index in [-0.39, 0.29) is 11.5 Å². The zero-order chi connectivity index (χ0) is 12.5. The number of hydrogen-bond donors (Lipinski definition) is 1. The Kier molecular flexibility index (Phi) is 3.57. The number of hydrogen-bond acceptors (Lipinski definition) is 2. The predicted molar refractivity (Wildman–Crippen MR) is 68.8 cm³/mol. The summed E-state index contributed by atoms with van der Waals surface area (Å²) in [5.41, 5.74) is 2.35. The highest BCUT2D eigenvalue weighted by Crippen LogP contribution is 2.44. The minimum Gasteiger partial charge on any atom is -0.392 e. The third kappa shape index (κ3) is 2.39. The molecule has 3 heteroatoms. The summed E-state index contributed by atoms with van der Waals surface area (Å²) in [6, 6.07) is 2.08. The van der Waals surface area contributed by atoms with Crippen LogP contribution >= 0.6 is 0 Å². The second kappa shape index (κ2) is 4.81. The molecule has 0 aliphatic heterocycles. The third-order valence-electron chi connectivity index (χ3n) is 4.51. The molecule has 1 saturated carbocycles. The number of rotatable bonds is 4. The van der Waals surface area contributed by atoms with Crippen LogP contribution in [0.2, 0.25) is 0 Å². The molecule has 2 rings (SSSR count). The van der Waals surface area contributed by atoms with Crippen molar-refractivity contribution in [1.29, 1.82) is 0 Å². The summed E-state index contributed by atoms with van der Waals surface area (Å²) >= 11 is 0. The Morgan fingerprint density at radius 2 is 2.12 bits per heavy atom. The molecule has 0 aromatic carbocycles. The molecule has 0 bridgehead atoms. The number of aryl methyl sites for hydroxylation is 2. The summed E-state index contributed by atoms with van der Waals surface area (Å²) in [5, 5.41) is 14.9. The van der Waals surface area contributed by atoms with Gasteiger partial charge < -0.3 is 5.11 Å². The standard InChI is InChI=1S/C14H24N2O/c1-4-14(7-5-6-8-14)13(17)10-12-9-11(2)15-16(12)3/h9,13,17H,4-8,10H2,1-3H3. The van der Waals surface area contributed by atoms with Crippen LogP contribution in [-0.2, 0) is 13.5 Å². The second-order valence-corrected chi connectivity index (χ2v) is 5.54. The van der Waals surface area contributed by atoms with Crippen LogP contribution in [-0.4, -0.2) is 21.0 Å². The molecule has 0 saturated heterocycles. The molecule has 0 radical (unpaired) electrons. The Morgan fingerprint density at radius 1 is 1.47 bits per heavy atom. The first kappa shape index (κ1) is 12.6. The molecular formula is C14H24N2O. The Bertz CT molecular complexity index is 378. The van der Waals surface area contributed by atoms with Crippen molar-refractivity contribution in [3.8, 4) is 0 Å². The fourth-order valence-corrected chi connectivity index (χ4v) is 3.27. The summed E-state index contributed by atoms with van der Waals surface area (Å²) in [4.78, 5) is 0. The maximum Gasteiger partial charge on any atom is 0.0651 e. The van der Waals surface area contributed by atoms with E-state index < -0.39 is 0 Å². The van der Waals surface area contributed by atoms with Gasteiger partial charge in [-0.25, -0.2) is 0 Å². The first-order valence-corrected chi connectivity index (χ1v) is 6.75. The highest BCUT2D eigenvalue weighted by atomic mass is 16.3. The van der Waals surface area contributed by atoms with Crippen LogP contribution in [0.5, 0.6) is 0 Å². The van der Waals surface area contributed by atoms with E-state index in [2.05, 4.69) is 18.1 Å². The summed E-state index contributed by atoms with van der Waals surface area (Å²) < 4.78 is 1.90. The van der Waals surface area contributed by atoms with Gasteiger partial charge in [0.05, 0.1) is 11.8 Å². The molecule has 96 valence electrons. The average Bonchev–Trinajstić information content (AvgIpc) is 2.87. The maximum absolute atomic E-state index is 10.5. The fraction of sp³-hybridized carbons (Fsp3) is 0.786. The van der Waals surface area contributed by atoms with Gasteiger partial charge in [0, 0.05) is 19.2 Å². The van der Waals surface area contributed by atoms with E-state index in [1.54, 1.807) is 0 Å². The van der Waals surface area contributed by atoms with Gasteiger partial charge in [0.2, 0.25) is 0 Å². The fourth-order valence-electron chi connectivity index (χ4n) is 3.27. The summed E-state index contributed by atoms with van der Waals surface area (Å²) in [6.07, 6.45) is 6.52. The molecule has 1 aliphatic carbocycles. The molecule has 1 aromatic rings. The largest absolute Gasteiger partial charge is 0.392 e. The normalized spacial score (nSPS) is 20.7. The van der Waals surface area contributed by atoms with Gasteiger partial charge in [-0.2, -0.15) is 5.10 Å². The Labute approximate surface area is 104 Å². The zero-order valence-corrected chi connectivity index (χ0v) is 11.2. The van der Waals surface area contributed by atoms with Crippen molar-refractivity contribution in [3.05, 3.63) is 17.5 Å². The molecule has 1 fully saturated rings. The molecule has 1 aliphatic rings. The van der Waals surface area contributed by atoms with Crippen LogP contribution in [0.25, 0.3) is 0 Å². The SMILES string of the molecule is CCC1(C(O)Cc2cc(C)nn2C)CCCC1. The minimum atomic E-state index is -0.218. The van der Waals surface area contributed by atoms with Crippen molar-refractivity contribution in [3.63, 3.8) is 0 Å². The molecule has 1 unspecified atom stereocenters. The quantitative estimate of drug-likeness (QED) is 0.872. The van der Waals surface area contributed by atoms with Crippen LogP contribution in [0.3, 0.4) is 0 Å². The monoisotopic (exact) mass is 236 g/mol. The van der Waals surface area contributed by atoms with Crippen molar-refractivity contribution in [2.24, 2.45) is 12.5 Å². The second-order valence-electron chi connectivity index (χ2n) is 5.54. The molecule has 17 heavy (non-hydrogen) atoms. The lowest BCUT2D eigenvalue weighted by Gasteiger charge is -2.33. The molecular weight excluding hydrogens is 212 g/mol. The van der Waals surface area contributed by atoms with Crippen molar-refractivity contribution >= 4 is 0 Å². The van der Waals surface area contributed by atoms with E-state index in [1.165, 1.54) is 25.7 Å². The molecule has 1 N–H and O–H groups in total. The molecule has 3 nitrogen and oxygen atoms in total. The van der Waals surface area contributed by atoms with Gasteiger partial charge in [0.15, 0.2) is 0 Å². The Balaban J connectivity index is 2.10. The highest BCUT2D eigenvalue weighted by molar-refractivity contribution is 5.11. The van der Waals surface area contributed by atoms with Crippen LogP contribution < -0.4 is 0 Å². The number of nitrogens with zero attached hydrogens (tertiary/aromatic N) is 2. The zero-order valence-electron chi connectivity index (χ0n) is 11.2.